The Bertz CT molecular complexity index is 797. The minimum absolute atomic E-state index is 0.0401. The van der Waals surface area contributed by atoms with E-state index < -0.39 is 5.82 Å². The zero-order chi connectivity index (χ0) is 20.1. The Morgan fingerprint density at radius 1 is 1.18 bits per heavy atom. The summed E-state index contributed by atoms with van der Waals surface area (Å²) in [7, 11) is 0. The standard InChI is InChI=1S/C21H27FN4O2/c1-21(2,3)18-8-9-19(25-24-18)28-14-15-10-12-26(13-11-15)20(27)23-17-7-5-4-6-16(17)22/h4-9,15H,10-14H2,1-3H3,(H,23,27). The molecule has 2 amide bonds. The van der Waals surface area contributed by atoms with Gasteiger partial charge >= 0.3 is 6.03 Å². The molecule has 0 atom stereocenters. The van der Waals surface area contributed by atoms with E-state index in [9.17, 15) is 9.18 Å². The second-order valence-electron chi connectivity index (χ2n) is 8.16. The third kappa shape index (κ3) is 5.18. The van der Waals surface area contributed by atoms with Crippen LogP contribution < -0.4 is 10.1 Å². The number of aromatic nitrogens is 2. The van der Waals surface area contributed by atoms with Crippen molar-refractivity contribution >= 4 is 11.7 Å². The minimum atomic E-state index is -0.433. The lowest BCUT2D eigenvalue weighted by Gasteiger charge is -2.31. The van der Waals surface area contributed by atoms with Crippen LogP contribution in [0, 0.1) is 11.7 Å². The normalized spacial score (nSPS) is 15.4. The maximum absolute atomic E-state index is 13.7. The highest BCUT2D eigenvalue weighted by Gasteiger charge is 2.24. The van der Waals surface area contributed by atoms with Gasteiger partial charge in [-0.1, -0.05) is 32.9 Å². The first kappa shape index (κ1) is 20.0. The summed E-state index contributed by atoms with van der Waals surface area (Å²) in [6, 6.07) is 9.70. The van der Waals surface area contributed by atoms with Crippen molar-refractivity contribution in [3.8, 4) is 5.88 Å². The van der Waals surface area contributed by atoms with Gasteiger partial charge in [0, 0.05) is 24.6 Å². The lowest BCUT2D eigenvalue weighted by molar-refractivity contribution is 0.150. The van der Waals surface area contributed by atoms with Gasteiger partial charge in [-0.3, -0.25) is 0 Å². The SMILES string of the molecule is CC(C)(C)c1ccc(OCC2CCN(C(=O)Nc3ccccc3F)CC2)nn1. The van der Waals surface area contributed by atoms with Gasteiger partial charge in [-0.15, -0.1) is 5.10 Å². The van der Waals surface area contributed by atoms with Crippen molar-refractivity contribution in [3.05, 3.63) is 47.9 Å². The van der Waals surface area contributed by atoms with Crippen molar-refractivity contribution in [3.63, 3.8) is 0 Å². The fourth-order valence-electron chi connectivity index (χ4n) is 3.06. The van der Waals surface area contributed by atoms with Crippen LogP contribution >= 0.6 is 0 Å². The summed E-state index contributed by atoms with van der Waals surface area (Å²) in [5, 5.41) is 11.0. The molecule has 0 radical (unpaired) electrons. The molecule has 1 saturated heterocycles. The first-order valence-corrected chi connectivity index (χ1v) is 9.60. The predicted molar refractivity (Wildman–Crippen MR) is 106 cm³/mol. The first-order chi connectivity index (χ1) is 13.3. The lowest BCUT2D eigenvalue weighted by atomic mass is 9.92. The van der Waals surface area contributed by atoms with E-state index in [1.807, 2.05) is 12.1 Å². The molecule has 0 bridgehead atoms. The van der Waals surface area contributed by atoms with Gasteiger partial charge in [0.05, 0.1) is 18.0 Å². The molecule has 1 aromatic heterocycles. The van der Waals surface area contributed by atoms with Crippen molar-refractivity contribution in [2.24, 2.45) is 5.92 Å². The topological polar surface area (TPSA) is 67.3 Å². The van der Waals surface area contributed by atoms with Gasteiger partial charge in [0.25, 0.3) is 0 Å². The van der Waals surface area contributed by atoms with Crippen LogP contribution in [0.2, 0.25) is 0 Å². The van der Waals surface area contributed by atoms with E-state index in [2.05, 4.69) is 36.3 Å². The van der Waals surface area contributed by atoms with Gasteiger partial charge in [0.1, 0.15) is 5.82 Å². The number of hydrogen-bond acceptors (Lipinski definition) is 4. The third-order valence-electron chi connectivity index (χ3n) is 4.89. The molecule has 1 aliphatic rings. The van der Waals surface area contributed by atoms with Gasteiger partial charge in [-0.25, -0.2) is 9.18 Å². The van der Waals surface area contributed by atoms with Gasteiger partial charge in [0.15, 0.2) is 0 Å². The molecular formula is C21H27FN4O2. The van der Waals surface area contributed by atoms with Crippen LogP contribution in [-0.2, 0) is 5.41 Å². The molecule has 0 aliphatic carbocycles. The van der Waals surface area contributed by atoms with Crippen molar-refractivity contribution in [1.82, 2.24) is 15.1 Å². The van der Waals surface area contributed by atoms with Gasteiger partial charge in [-0.2, -0.15) is 5.10 Å². The number of rotatable bonds is 4. The number of anilines is 1. The summed E-state index contributed by atoms with van der Waals surface area (Å²) in [5.41, 5.74) is 1.09. The number of likely N-dealkylation sites (tertiary alicyclic amines) is 1. The monoisotopic (exact) mass is 386 g/mol. The molecule has 7 heteroatoms. The number of piperidine rings is 1. The fourth-order valence-corrected chi connectivity index (χ4v) is 3.06. The van der Waals surface area contributed by atoms with E-state index in [1.54, 1.807) is 23.1 Å². The fraction of sp³-hybridized carbons (Fsp3) is 0.476. The largest absolute Gasteiger partial charge is 0.476 e. The first-order valence-electron chi connectivity index (χ1n) is 9.60. The number of nitrogens with one attached hydrogen (secondary N) is 1. The Morgan fingerprint density at radius 3 is 2.50 bits per heavy atom. The van der Waals surface area contributed by atoms with Crippen molar-refractivity contribution in [2.75, 3.05) is 25.0 Å². The Hall–Kier alpha value is -2.70. The molecule has 3 rings (SSSR count). The van der Waals surface area contributed by atoms with E-state index in [-0.39, 0.29) is 17.1 Å². The zero-order valence-electron chi connectivity index (χ0n) is 16.6. The van der Waals surface area contributed by atoms with E-state index in [1.165, 1.54) is 6.07 Å². The molecule has 28 heavy (non-hydrogen) atoms. The highest BCUT2D eigenvalue weighted by molar-refractivity contribution is 5.89. The van der Waals surface area contributed by atoms with Crippen LogP contribution in [-0.4, -0.2) is 40.8 Å². The number of para-hydroxylation sites is 1. The summed E-state index contributed by atoms with van der Waals surface area (Å²) in [6.45, 7) is 8.05. The second-order valence-corrected chi connectivity index (χ2v) is 8.16. The maximum Gasteiger partial charge on any atom is 0.321 e. The molecule has 6 nitrogen and oxygen atoms in total. The van der Waals surface area contributed by atoms with Crippen LogP contribution in [0.4, 0.5) is 14.9 Å². The number of ether oxygens (including phenoxy) is 1. The summed E-state index contributed by atoms with van der Waals surface area (Å²) < 4.78 is 19.4. The summed E-state index contributed by atoms with van der Waals surface area (Å²) in [4.78, 5) is 14.0. The molecule has 2 heterocycles. The van der Waals surface area contributed by atoms with Crippen LogP contribution in [0.5, 0.6) is 5.88 Å². The average molecular weight is 386 g/mol. The number of urea groups is 1. The van der Waals surface area contributed by atoms with Crippen LogP contribution in [0.1, 0.15) is 39.3 Å². The quantitative estimate of drug-likeness (QED) is 0.854. The summed E-state index contributed by atoms with van der Waals surface area (Å²) in [5.74, 6) is 0.437. The second kappa shape index (κ2) is 8.54. The lowest BCUT2D eigenvalue weighted by Crippen LogP contribution is -2.42. The molecular weight excluding hydrogens is 359 g/mol. The van der Waals surface area contributed by atoms with E-state index in [4.69, 9.17) is 4.74 Å². The maximum atomic E-state index is 13.7. The van der Waals surface area contributed by atoms with Crippen LogP contribution in [0.15, 0.2) is 36.4 Å². The Kier molecular flexibility index (Phi) is 6.11. The number of carbonyl (C=O) groups excluding carboxylic acids is 1. The number of carbonyl (C=O) groups is 1. The number of hydrogen-bond donors (Lipinski definition) is 1. The van der Waals surface area contributed by atoms with E-state index >= 15 is 0 Å². The zero-order valence-corrected chi connectivity index (χ0v) is 16.6. The molecule has 1 N–H and O–H groups in total. The molecule has 0 saturated carbocycles. The minimum Gasteiger partial charge on any atom is -0.476 e. The highest BCUT2D eigenvalue weighted by atomic mass is 19.1. The van der Waals surface area contributed by atoms with Crippen LogP contribution in [0.25, 0.3) is 0 Å². The number of amides is 2. The van der Waals surface area contributed by atoms with Crippen molar-refractivity contribution < 1.29 is 13.9 Å². The Balaban J connectivity index is 1.44. The van der Waals surface area contributed by atoms with Gasteiger partial charge < -0.3 is 15.0 Å². The van der Waals surface area contributed by atoms with E-state index in [0.717, 1.165) is 18.5 Å². The Labute approximate surface area is 165 Å². The molecule has 1 aliphatic heterocycles. The molecule has 0 unspecified atom stereocenters. The number of benzene rings is 1. The third-order valence-corrected chi connectivity index (χ3v) is 4.89. The smallest absolute Gasteiger partial charge is 0.321 e. The predicted octanol–water partition coefficient (Wildman–Crippen LogP) is 4.24. The number of nitrogens with zero attached hydrogens (tertiary/aromatic N) is 3. The van der Waals surface area contributed by atoms with Crippen molar-refractivity contribution in [1.29, 1.82) is 0 Å². The van der Waals surface area contributed by atoms with Crippen LogP contribution in [0.3, 0.4) is 0 Å². The van der Waals surface area contributed by atoms with Gasteiger partial charge in [0.2, 0.25) is 5.88 Å². The summed E-state index contributed by atoms with van der Waals surface area (Å²) in [6.07, 6.45) is 1.66. The van der Waals surface area contributed by atoms with Gasteiger partial charge in [-0.05, 0) is 37.0 Å². The Morgan fingerprint density at radius 2 is 1.89 bits per heavy atom. The molecule has 0 spiro atoms. The molecule has 2 aromatic rings. The van der Waals surface area contributed by atoms with Crippen molar-refractivity contribution in [2.45, 2.75) is 39.0 Å². The molecule has 150 valence electrons. The highest BCUT2D eigenvalue weighted by Crippen LogP contribution is 2.22. The van der Waals surface area contributed by atoms with E-state index in [0.29, 0.717) is 31.5 Å². The molecule has 1 fully saturated rings. The molecule has 1 aromatic carbocycles. The number of halogens is 1. The average Bonchev–Trinajstić information content (AvgIpc) is 2.68. The summed E-state index contributed by atoms with van der Waals surface area (Å²) >= 11 is 0.